The first-order chi connectivity index (χ1) is 10.8. The lowest BCUT2D eigenvalue weighted by Crippen LogP contribution is -2.62. The Kier molecular flexibility index (Phi) is 4.10. The minimum Gasteiger partial charge on any atom is -0.481 e. The van der Waals surface area contributed by atoms with E-state index in [2.05, 4.69) is 0 Å². The Bertz CT molecular complexity index is 632. The van der Waals surface area contributed by atoms with Crippen LogP contribution in [-0.4, -0.2) is 27.7 Å². The van der Waals surface area contributed by atoms with Crippen LogP contribution in [0.4, 0.5) is 0 Å². The van der Waals surface area contributed by atoms with Crippen LogP contribution >= 0.6 is 11.6 Å². The summed E-state index contributed by atoms with van der Waals surface area (Å²) in [6.45, 7) is 0. The van der Waals surface area contributed by atoms with E-state index in [0.717, 1.165) is 24.8 Å². The molecule has 6 heteroatoms. The van der Waals surface area contributed by atoms with Crippen molar-refractivity contribution >= 4 is 23.5 Å². The van der Waals surface area contributed by atoms with Crippen LogP contribution in [0.1, 0.15) is 24.8 Å². The molecular formula is C17H20ClNO4. The molecule has 0 amide bonds. The molecule has 0 aromatic heterocycles. The number of halogens is 1. The highest BCUT2D eigenvalue weighted by Crippen LogP contribution is 2.57. The monoisotopic (exact) mass is 337 g/mol. The maximum absolute atomic E-state index is 11.7. The van der Waals surface area contributed by atoms with E-state index in [1.165, 1.54) is 0 Å². The third-order valence-electron chi connectivity index (χ3n) is 5.68. The molecule has 5 nitrogen and oxygen atoms in total. The molecular weight excluding hydrogens is 318 g/mol. The van der Waals surface area contributed by atoms with Gasteiger partial charge in [-0.15, -0.1) is 0 Å². The molecule has 0 aliphatic heterocycles. The van der Waals surface area contributed by atoms with Gasteiger partial charge in [-0.1, -0.05) is 23.7 Å². The van der Waals surface area contributed by atoms with Gasteiger partial charge in [-0.3, -0.25) is 9.59 Å². The Morgan fingerprint density at radius 3 is 2.43 bits per heavy atom. The highest BCUT2D eigenvalue weighted by molar-refractivity contribution is 6.30. The summed E-state index contributed by atoms with van der Waals surface area (Å²) >= 11 is 5.87. The molecule has 3 rings (SSSR count). The first kappa shape index (κ1) is 16.3. The van der Waals surface area contributed by atoms with Crippen molar-refractivity contribution in [3.63, 3.8) is 0 Å². The third kappa shape index (κ3) is 2.62. The average Bonchev–Trinajstić information content (AvgIpc) is 3.02. The zero-order valence-corrected chi connectivity index (χ0v) is 13.4. The highest BCUT2D eigenvalue weighted by Gasteiger charge is 2.66. The van der Waals surface area contributed by atoms with E-state index in [1.54, 1.807) is 0 Å². The lowest BCUT2D eigenvalue weighted by Gasteiger charge is -2.39. The van der Waals surface area contributed by atoms with E-state index < -0.39 is 23.4 Å². The largest absolute Gasteiger partial charge is 0.481 e. The van der Waals surface area contributed by atoms with E-state index in [1.807, 2.05) is 24.3 Å². The fourth-order valence-corrected chi connectivity index (χ4v) is 4.79. The molecule has 2 fully saturated rings. The molecule has 0 spiro atoms. The molecule has 1 aromatic carbocycles. The van der Waals surface area contributed by atoms with Crippen molar-refractivity contribution in [2.75, 3.05) is 0 Å². The lowest BCUT2D eigenvalue weighted by atomic mass is 9.67. The number of aryl methyl sites for hydroxylation is 1. The lowest BCUT2D eigenvalue weighted by molar-refractivity contribution is -0.159. The Morgan fingerprint density at radius 1 is 1.22 bits per heavy atom. The number of fused-ring (bicyclic) bond motifs is 2. The van der Waals surface area contributed by atoms with Gasteiger partial charge in [0.15, 0.2) is 0 Å². The molecule has 1 aromatic rings. The first-order valence-corrected chi connectivity index (χ1v) is 8.21. The molecule has 2 aliphatic rings. The van der Waals surface area contributed by atoms with Crippen LogP contribution in [0.25, 0.3) is 0 Å². The van der Waals surface area contributed by atoms with E-state index in [9.17, 15) is 19.8 Å². The number of carboxylic acids is 2. The van der Waals surface area contributed by atoms with Crippen LogP contribution in [0.2, 0.25) is 5.02 Å². The molecule has 2 saturated carbocycles. The molecule has 4 N–H and O–H groups in total. The topological polar surface area (TPSA) is 101 Å². The van der Waals surface area contributed by atoms with Crippen LogP contribution < -0.4 is 5.73 Å². The van der Waals surface area contributed by atoms with Gasteiger partial charge in [0.2, 0.25) is 0 Å². The number of rotatable bonds is 5. The summed E-state index contributed by atoms with van der Waals surface area (Å²) in [6.07, 6.45) is 2.99. The number of hydrogen-bond donors (Lipinski definition) is 3. The van der Waals surface area contributed by atoms with E-state index in [-0.39, 0.29) is 17.8 Å². The zero-order chi connectivity index (χ0) is 16.8. The summed E-state index contributed by atoms with van der Waals surface area (Å²) in [6, 6.07) is 7.59. The second-order valence-electron chi connectivity index (χ2n) is 6.82. The van der Waals surface area contributed by atoms with Crippen LogP contribution in [-0.2, 0) is 16.0 Å². The fourth-order valence-electron chi connectivity index (χ4n) is 4.67. The van der Waals surface area contributed by atoms with Crippen molar-refractivity contribution in [2.24, 2.45) is 29.4 Å². The van der Waals surface area contributed by atoms with Gasteiger partial charge in [-0.2, -0.15) is 0 Å². The van der Waals surface area contributed by atoms with Crippen LogP contribution in [0.5, 0.6) is 0 Å². The van der Waals surface area contributed by atoms with Gasteiger partial charge in [0.25, 0.3) is 0 Å². The number of carboxylic acid groups (broad SMARTS) is 2. The molecule has 5 atom stereocenters. The number of aliphatic carboxylic acids is 2. The smallest absolute Gasteiger partial charge is 0.324 e. The number of benzene rings is 1. The Morgan fingerprint density at radius 2 is 1.87 bits per heavy atom. The van der Waals surface area contributed by atoms with Gasteiger partial charge in [-0.25, -0.2) is 0 Å². The van der Waals surface area contributed by atoms with Crippen molar-refractivity contribution in [1.29, 1.82) is 0 Å². The van der Waals surface area contributed by atoms with Crippen LogP contribution in [0.15, 0.2) is 24.3 Å². The summed E-state index contributed by atoms with van der Waals surface area (Å²) in [4.78, 5) is 23.2. The van der Waals surface area contributed by atoms with Crippen LogP contribution in [0, 0.1) is 23.7 Å². The predicted molar refractivity (Wildman–Crippen MR) is 85.2 cm³/mol. The molecule has 2 aliphatic carbocycles. The third-order valence-corrected chi connectivity index (χ3v) is 5.94. The van der Waals surface area contributed by atoms with Gasteiger partial charge in [-0.05, 0) is 61.1 Å². The molecule has 23 heavy (non-hydrogen) atoms. The summed E-state index contributed by atoms with van der Waals surface area (Å²) in [5.74, 6) is -3.48. The summed E-state index contributed by atoms with van der Waals surface area (Å²) in [5.41, 5.74) is 5.62. The molecule has 2 bridgehead atoms. The second-order valence-corrected chi connectivity index (χ2v) is 7.25. The van der Waals surface area contributed by atoms with Gasteiger partial charge >= 0.3 is 11.9 Å². The normalized spacial score (nSPS) is 35.4. The number of carbonyl (C=O) groups is 2. The van der Waals surface area contributed by atoms with Crippen LogP contribution in [0.3, 0.4) is 0 Å². The molecule has 0 heterocycles. The Balaban J connectivity index is 1.73. The first-order valence-electron chi connectivity index (χ1n) is 7.83. The van der Waals surface area contributed by atoms with E-state index in [4.69, 9.17) is 17.3 Å². The number of hydrogen-bond acceptors (Lipinski definition) is 3. The van der Waals surface area contributed by atoms with Gasteiger partial charge in [0.05, 0.1) is 5.92 Å². The van der Waals surface area contributed by atoms with Crippen molar-refractivity contribution in [3.8, 4) is 0 Å². The molecule has 0 saturated heterocycles. The summed E-state index contributed by atoms with van der Waals surface area (Å²) in [5, 5.41) is 19.6. The molecule has 0 unspecified atom stereocenters. The van der Waals surface area contributed by atoms with E-state index in [0.29, 0.717) is 11.4 Å². The Hall–Kier alpha value is -1.59. The maximum atomic E-state index is 11.7. The molecule has 0 radical (unpaired) electrons. The Labute approximate surface area is 139 Å². The van der Waals surface area contributed by atoms with Crippen molar-refractivity contribution in [2.45, 2.75) is 31.2 Å². The quantitative estimate of drug-likeness (QED) is 0.766. The highest BCUT2D eigenvalue weighted by atomic mass is 35.5. The SMILES string of the molecule is N[C@]1(C(=O)O)[C@@H]2C[C@@H](C[C@H]2CCc2ccc(Cl)cc2)[C@@H]1C(=O)O. The second kappa shape index (κ2) is 5.80. The molecule has 124 valence electrons. The van der Waals surface area contributed by atoms with Gasteiger partial charge in [0, 0.05) is 5.02 Å². The van der Waals surface area contributed by atoms with E-state index >= 15 is 0 Å². The van der Waals surface area contributed by atoms with Crippen molar-refractivity contribution in [1.82, 2.24) is 0 Å². The maximum Gasteiger partial charge on any atom is 0.324 e. The van der Waals surface area contributed by atoms with Gasteiger partial charge in [0.1, 0.15) is 5.54 Å². The fraction of sp³-hybridized carbons (Fsp3) is 0.529. The summed E-state index contributed by atoms with van der Waals surface area (Å²) < 4.78 is 0. The van der Waals surface area contributed by atoms with Gasteiger partial charge < -0.3 is 15.9 Å². The zero-order valence-electron chi connectivity index (χ0n) is 12.6. The average molecular weight is 338 g/mol. The standard InChI is InChI=1S/C17H20ClNO4/c18-12-5-2-9(3-6-12)1-4-10-7-11-8-13(10)17(19,16(22)23)14(11)15(20)21/h2-3,5-6,10-11,13-14H,1,4,7-8,19H2,(H,20,21)(H,22,23)/t10-,11-,13-,14-,17-/m1/s1. The predicted octanol–water partition coefficient (Wildman–Crippen LogP) is 2.41. The number of nitrogens with two attached hydrogens (primary N) is 1. The minimum atomic E-state index is -1.64. The van der Waals surface area contributed by atoms with Crippen molar-refractivity contribution in [3.05, 3.63) is 34.9 Å². The van der Waals surface area contributed by atoms with Crippen molar-refractivity contribution < 1.29 is 19.8 Å². The minimum absolute atomic E-state index is 0.131. The summed E-state index contributed by atoms with van der Waals surface area (Å²) in [7, 11) is 0.